The van der Waals surface area contributed by atoms with E-state index < -0.39 is 0 Å². The van der Waals surface area contributed by atoms with Crippen LogP contribution in [0.2, 0.25) is 0 Å². The summed E-state index contributed by atoms with van der Waals surface area (Å²) in [7, 11) is 0. The molecule has 2 aromatic rings. The molecule has 0 atom stereocenters. The zero-order valence-corrected chi connectivity index (χ0v) is 9.73. The van der Waals surface area contributed by atoms with E-state index in [0.717, 1.165) is 0 Å². The number of thiophene rings is 1. The van der Waals surface area contributed by atoms with Gasteiger partial charge in [-0.2, -0.15) is 0 Å². The van der Waals surface area contributed by atoms with Crippen LogP contribution in [0.1, 0.15) is 20.9 Å². The normalized spacial score (nSPS) is 10.3. The molecule has 16 heavy (non-hydrogen) atoms. The number of amides is 1. The molecular weight excluding hydrogens is 222 g/mol. The summed E-state index contributed by atoms with van der Waals surface area (Å²) in [5.41, 5.74) is 7.79. The summed E-state index contributed by atoms with van der Waals surface area (Å²) < 4.78 is 0. The highest BCUT2D eigenvalue weighted by Gasteiger charge is 2.08. The summed E-state index contributed by atoms with van der Waals surface area (Å²) >= 11 is 1.64. The minimum atomic E-state index is -0.135. The number of nitrogens with two attached hydrogens (primary N) is 1. The molecular formula is C11H13N3OS. The van der Waals surface area contributed by atoms with E-state index in [-0.39, 0.29) is 5.91 Å². The van der Waals surface area contributed by atoms with Crippen LogP contribution in [0, 0.1) is 6.92 Å². The van der Waals surface area contributed by atoms with E-state index in [9.17, 15) is 4.79 Å². The molecule has 4 nitrogen and oxygen atoms in total. The van der Waals surface area contributed by atoms with Gasteiger partial charge in [-0.25, -0.2) is 0 Å². The van der Waals surface area contributed by atoms with E-state index in [2.05, 4.69) is 10.3 Å². The van der Waals surface area contributed by atoms with Crippen LogP contribution < -0.4 is 11.1 Å². The molecule has 0 fully saturated rings. The summed E-state index contributed by atoms with van der Waals surface area (Å²) in [6.07, 6.45) is 1.60. The average Bonchev–Trinajstić information content (AvgIpc) is 2.84. The zero-order valence-electron chi connectivity index (χ0n) is 8.91. The number of rotatable bonds is 3. The second kappa shape index (κ2) is 4.40. The third kappa shape index (κ3) is 2.25. The maximum Gasteiger partial charge on any atom is 0.268 e. The van der Waals surface area contributed by atoms with Crippen LogP contribution in [0.5, 0.6) is 0 Å². The molecule has 0 radical (unpaired) electrons. The molecule has 2 heterocycles. The highest BCUT2D eigenvalue weighted by molar-refractivity contribution is 7.10. The Morgan fingerprint density at radius 2 is 2.44 bits per heavy atom. The lowest BCUT2D eigenvalue weighted by molar-refractivity contribution is 0.0947. The SMILES string of the molecule is Cc1ccsc1CNC(=O)c1cc(N)c[nH]1. The molecule has 0 bridgehead atoms. The van der Waals surface area contributed by atoms with Crippen molar-refractivity contribution >= 4 is 22.9 Å². The quantitative estimate of drug-likeness (QED) is 0.760. The Balaban J connectivity index is 1.96. The minimum absolute atomic E-state index is 0.135. The molecule has 5 heteroatoms. The number of hydrogen-bond acceptors (Lipinski definition) is 3. The molecule has 0 aliphatic rings. The van der Waals surface area contributed by atoms with Crippen molar-refractivity contribution in [2.75, 3.05) is 5.73 Å². The van der Waals surface area contributed by atoms with Crippen LogP contribution >= 0.6 is 11.3 Å². The molecule has 0 spiro atoms. The lowest BCUT2D eigenvalue weighted by atomic mass is 10.3. The summed E-state index contributed by atoms with van der Waals surface area (Å²) in [5, 5.41) is 4.86. The molecule has 0 saturated heterocycles. The van der Waals surface area contributed by atoms with Crippen molar-refractivity contribution < 1.29 is 4.79 Å². The van der Waals surface area contributed by atoms with E-state index in [1.807, 2.05) is 18.4 Å². The predicted octanol–water partition coefficient (Wildman–Crippen LogP) is 1.90. The summed E-state index contributed by atoms with van der Waals surface area (Å²) in [6.45, 7) is 2.59. The van der Waals surface area contributed by atoms with Gasteiger partial charge < -0.3 is 16.0 Å². The molecule has 0 saturated carbocycles. The third-order valence-electron chi connectivity index (χ3n) is 2.33. The number of anilines is 1. The topological polar surface area (TPSA) is 70.9 Å². The van der Waals surface area contributed by atoms with Gasteiger partial charge in [-0.05, 0) is 30.0 Å². The van der Waals surface area contributed by atoms with Gasteiger partial charge in [-0.1, -0.05) is 0 Å². The van der Waals surface area contributed by atoms with Gasteiger partial charge in [-0.3, -0.25) is 4.79 Å². The van der Waals surface area contributed by atoms with E-state index in [1.54, 1.807) is 23.6 Å². The fourth-order valence-corrected chi connectivity index (χ4v) is 2.23. The number of nitrogen functional groups attached to an aromatic ring is 1. The maximum atomic E-state index is 11.7. The number of aromatic nitrogens is 1. The van der Waals surface area contributed by atoms with E-state index in [4.69, 9.17) is 5.73 Å². The van der Waals surface area contributed by atoms with Crippen molar-refractivity contribution in [1.29, 1.82) is 0 Å². The zero-order chi connectivity index (χ0) is 11.5. The van der Waals surface area contributed by atoms with Gasteiger partial charge in [0.25, 0.3) is 5.91 Å². The van der Waals surface area contributed by atoms with Crippen molar-refractivity contribution in [2.24, 2.45) is 0 Å². The van der Waals surface area contributed by atoms with Gasteiger partial charge in [-0.15, -0.1) is 11.3 Å². The Bertz CT molecular complexity index is 501. The number of carbonyl (C=O) groups excluding carboxylic acids is 1. The van der Waals surface area contributed by atoms with Crippen LogP contribution in [0.25, 0.3) is 0 Å². The van der Waals surface area contributed by atoms with E-state index >= 15 is 0 Å². The Labute approximate surface area is 97.5 Å². The monoisotopic (exact) mass is 235 g/mol. The first-order valence-corrected chi connectivity index (χ1v) is 5.80. The smallest absolute Gasteiger partial charge is 0.268 e. The van der Waals surface area contributed by atoms with Gasteiger partial charge in [0.15, 0.2) is 0 Å². The first-order valence-electron chi connectivity index (χ1n) is 4.92. The summed E-state index contributed by atoms with van der Waals surface area (Å²) in [6, 6.07) is 3.66. The van der Waals surface area contributed by atoms with Crippen molar-refractivity contribution in [2.45, 2.75) is 13.5 Å². The Kier molecular flexibility index (Phi) is 2.96. The standard InChI is InChI=1S/C11H13N3OS/c1-7-2-3-16-10(7)6-14-11(15)9-4-8(12)5-13-9/h2-5,13H,6,12H2,1H3,(H,14,15). The Morgan fingerprint density at radius 1 is 1.62 bits per heavy atom. The van der Waals surface area contributed by atoms with Crippen LogP contribution in [-0.4, -0.2) is 10.9 Å². The van der Waals surface area contributed by atoms with Crippen LogP contribution in [0.15, 0.2) is 23.7 Å². The van der Waals surface area contributed by atoms with Gasteiger partial charge in [0.05, 0.1) is 6.54 Å². The molecule has 2 rings (SSSR count). The number of nitrogens with one attached hydrogen (secondary N) is 2. The molecule has 1 amide bonds. The molecule has 2 aromatic heterocycles. The number of aromatic amines is 1. The molecule has 0 aromatic carbocycles. The van der Waals surface area contributed by atoms with Crippen LogP contribution in [0.3, 0.4) is 0 Å². The fourth-order valence-electron chi connectivity index (χ4n) is 1.38. The molecule has 0 aliphatic carbocycles. The maximum absolute atomic E-state index is 11.7. The van der Waals surface area contributed by atoms with Crippen molar-refractivity contribution in [3.05, 3.63) is 39.8 Å². The number of hydrogen-bond donors (Lipinski definition) is 3. The van der Waals surface area contributed by atoms with Crippen LogP contribution in [-0.2, 0) is 6.54 Å². The number of carbonyl (C=O) groups is 1. The Hall–Kier alpha value is -1.75. The molecule has 4 N–H and O–H groups in total. The number of H-pyrrole nitrogens is 1. The van der Waals surface area contributed by atoms with E-state index in [1.165, 1.54) is 10.4 Å². The largest absolute Gasteiger partial charge is 0.397 e. The minimum Gasteiger partial charge on any atom is -0.397 e. The molecule has 84 valence electrons. The van der Waals surface area contributed by atoms with Gasteiger partial charge >= 0.3 is 0 Å². The lowest BCUT2D eigenvalue weighted by Crippen LogP contribution is -2.22. The first-order chi connectivity index (χ1) is 7.66. The van der Waals surface area contributed by atoms with Gasteiger partial charge in [0.2, 0.25) is 0 Å². The molecule has 0 unspecified atom stereocenters. The van der Waals surface area contributed by atoms with Crippen molar-refractivity contribution in [1.82, 2.24) is 10.3 Å². The van der Waals surface area contributed by atoms with Crippen molar-refractivity contribution in [3.8, 4) is 0 Å². The average molecular weight is 235 g/mol. The second-order valence-electron chi connectivity index (χ2n) is 3.56. The van der Waals surface area contributed by atoms with Gasteiger partial charge in [0, 0.05) is 16.8 Å². The number of aryl methyl sites for hydroxylation is 1. The van der Waals surface area contributed by atoms with Crippen LogP contribution in [0.4, 0.5) is 5.69 Å². The highest BCUT2D eigenvalue weighted by atomic mass is 32.1. The first kappa shape index (κ1) is 10.8. The summed E-state index contributed by atoms with van der Waals surface area (Å²) in [5.74, 6) is -0.135. The predicted molar refractivity (Wildman–Crippen MR) is 65.4 cm³/mol. The molecule has 0 aliphatic heterocycles. The highest BCUT2D eigenvalue weighted by Crippen LogP contribution is 2.15. The van der Waals surface area contributed by atoms with Crippen molar-refractivity contribution in [3.63, 3.8) is 0 Å². The Morgan fingerprint density at radius 3 is 3.00 bits per heavy atom. The second-order valence-corrected chi connectivity index (χ2v) is 4.56. The third-order valence-corrected chi connectivity index (χ3v) is 3.35. The van der Waals surface area contributed by atoms with E-state index in [0.29, 0.717) is 17.9 Å². The summed E-state index contributed by atoms with van der Waals surface area (Å²) in [4.78, 5) is 15.7. The fraction of sp³-hybridized carbons (Fsp3) is 0.182. The van der Waals surface area contributed by atoms with Gasteiger partial charge in [0.1, 0.15) is 5.69 Å². The lowest BCUT2D eigenvalue weighted by Gasteiger charge is -2.02.